The summed E-state index contributed by atoms with van der Waals surface area (Å²) in [7, 11) is 0. The average Bonchev–Trinajstić information content (AvgIpc) is 3.17. The molecule has 4 rings (SSSR count). The highest BCUT2D eigenvalue weighted by Crippen LogP contribution is 2.25. The van der Waals surface area contributed by atoms with Gasteiger partial charge in [0.25, 0.3) is 0 Å². The molecule has 122 valence electrons. The Kier molecular flexibility index (Phi) is 4.53. The quantitative estimate of drug-likeness (QED) is 0.521. The number of aromatic nitrogens is 2. The SMILES string of the molecule is c1ccc(-c2ccc(CNc3nc(-c4cccnc4)cs3)cc2)cc1. The predicted molar refractivity (Wildman–Crippen MR) is 105 cm³/mol. The van der Waals surface area contributed by atoms with E-state index < -0.39 is 0 Å². The standard InChI is InChI=1S/C21H17N3S/c1-2-5-17(6-3-1)18-10-8-16(9-11-18)13-23-21-24-20(15-25-21)19-7-4-12-22-14-19/h1-12,14-15H,13H2,(H,23,24). The van der Waals surface area contributed by atoms with E-state index in [1.54, 1.807) is 17.5 Å². The zero-order chi connectivity index (χ0) is 16.9. The molecule has 0 fully saturated rings. The average molecular weight is 343 g/mol. The highest BCUT2D eigenvalue weighted by molar-refractivity contribution is 7.14. The van der Waals surface area contributed by atoms with Crippen molar-refractivity contribution in [3.05, 3.63) is 90.1 Å². The van der Waals surface area contributed by atoms with E-state index in [2.05, 4.69) is 69.2 Å². The molecule has 0 aliphatic heterocycles. The van der Waals surface area contributed by atoms with E-state index in [0.29, 0.717) is 0 Å². The van der Waals surface area contributed by atoms with Gasteiger partial charge in [-0.1, -0.05) is 54.6 Å². The molecule has 0 amide bonds. The monoisotopic (exact) mass is 343 g/mol. The van der Waals surface area contributed by atoms with Crippen molar-refractivity contribution in [1.82, 2.24) is 9.97 Å². The molecule has 0 radical (unpaired) electrons. The molecule has 2 aromatic heterocycles. The lowest BCUT2D eigenvalue weighted by Crippen LogP contribution is -1.98. The number of nitrogens with zero attached hydrogens (tertiary/aromatic N) is 2. The van der Waals surface area contributed by atoms with Crippen molar-refractivity contribution in [3.63, 3.8) is 0 Å². The summed E-state index contributed by atoms with van der Waals surface area (Å²) in [5.41, 5.74) is 5.71. The van der Waals surface area contributed by atoms with Gasteiger partial charge in [-0.3, -0.25) is 4.98 Å². The Bertz CT molecular complexity index is 932. The summed E-state index contributed by atoms with van der Waals surface area (Å²) < 4.78 is 0. The fourth-order valence-electron chi connectivity index (χ4n) is 2.63. The minimum absolute atomic E-state index is 0.759. The molecule has 2 heterocycles. The normalized spacial score (nSPS) is 10.6. The summed E-state index contributed by atoms with van der Waals surface area (Å²) in [4.78, 5) is 8.77. The molecule has 1 N–H and O–H groups in total. The minimum Gasteiger partial charge on any atom is -0.357 e. The highest BCUT2D eigenvalue weighted by atomic mass is 32.1. The van der Waals surface area contributed by atoms with Gasteiger partial charge in [-0.25, -0.2) is 4.98 Å². The first-order valence-electron chi connectivity index (χ1n) is 8.13. The maximum absolute atomic E-state index is 4.63. The van der Waals surface area contributed by atoms with E-state index in [4.69, 9.17) is 0 Å². The Labute approximate surface area is 151 Å². The van der Waals surface area contributed by atoms with Crippen LogP contribution in [0.4, 0.5) is 5.13 Å². The molecule has 4 heteroatoms. The van der Waals surface area contributed by atoms with Crippen LogP contribution in [0.15, 0.2) is 84.5 Å². The maximum Gasteiger partial charge on any atom is 0.183 e. The smallest absolute Gasteiger partial charge is 0.183 e. The van der Waals surface area contributed by atoms with Gasteiger partial charge < -0.3 is 5.32 Å². The van der Waals surface area contributed by atoms with Gasteiger partial charge in [0.2, 0.25) is 0 Å². The van der Waals surface area contributed by atoms with Gasteiger partial charge in [-0.2, -0.15) is 0 Å². The Hall–Kier alpha value is -2.98. The van der Waals surface area contributed by atoms with Crippen LogP contribution in [-0.2, 0) is 6.54 Å². The molecule has 0 aliphatic rings. The lowest BCUT2D eigenvalue weighted by atomic mass is 10.0. The molecule has 0 saturated carbocycles. The Morgan fingerprint density at radius 2 is 1.56 bits per heavy atom. The van der Waals surface area contributed by atoms with Crippen LogP contribution in [0.3, 0.4) is 0 Å². The predicted octanol–water partition coefficient (Wildman–Crippen LogP) is 5.48. The Balaban J connectivity index is 1.41. The molecule has 0 spiro atoms. The summed E-state index contributed by atoms with van der Waals surface area (Å²) in [6.07, 6.45) is 3.61. The molecular weight excluding hydrogens is 326 g/mol. The molecule has 3 nitrogen and oxygen atoms in total. The van der Waals surface area contributed by atoms with Crippen LogP contribution in [0.5, 0.6) is 0 Å². The third-order valence-electron chi connectivity index (χ3n) is 3.97. The number of benzene rings is 2. The van der Waals surface area contributed by atoms with Crippen molar-refractivity contribution in [2.24, 2.45) is 0 Å². The second-order valence-electron chi connectivity index (χ2n) is 5.70. The molecule has 0 unspecified atom stereocenters. The molecule has 0 atom stereocenters. The first kappa shape index (κ1) is 15.5. The highest BCUT2D eigenvalue weighted by Gasteiger charge is 2.04. The first-order valence-corrected chi connectivity index (χ1v) is 9.00. The maximum atomic E-state index is 4.63. The van der Waals surface area contributed by atoms with Crippen LogP contribution >= 0.6 is 11.3 Å². The van der Waals surface area contributed by atoms with Crippen molar-refractivity contribution in [2.75, 3.05) is 5.32 Å². The third-order valence-corrected chi connectivity index (χ3v) is 4.77. The van der Waals surface area contributed by atoms with Gasteiger partial charge in [-0.15, -0.1) is 11.3 Å². The Morgan fingerprint density at radius 1 is 0.800 bits per heavy atom. The fraction of sp³-hybridized carbons (Fsp3) is 0.0476. The number of anilines is 1. The van der Waals surface area contributed by atoms with Crippen molar-refractivity contribution in [2.45, 2.75) is 6.54 Å². The molecule has 25 heavy (non-hydrogen) atoms. The molecule has 0 aliphatic carbocycles. The van der Waals surface area contributed by atoms with Gasteiger partial charge in [-0.05, 0) is 28.8 Å². The Morgan fingerprint density at radius 3 is 2.32 bits per heavy atom. The van der Waals surface area contributed by atoms with E-state index in [0.717, 1.165) is 22.9 Å². The second-order valence-corrected chi connectivity index (χ2v) is 6.55. The van der Waals surface area contributed by atoms with Gasteiger partial charge in [0.15, 0.2) is 5.13 Å². The van der Waals surface area contributed by atoms with Crippen molar-refractivity contribution in [3.8, 4) is 22.4 Å². The zero-order valence-corrected chi connectivity index (χ0v) is 14.4. The molecular formula is C21H17N3S. The van der Waals surface area contributed by atoms with Crippen molar-refractivity contribution < 1.29 is 0 Å². The van der Waals surface area contributed by atoms with Crippen molar-refractivity contribution >= 4 is 16.5 Å². The third kappa shape index (κ3) is 3.75. The summed E-state index contributed by atoms with van der Waals surface area (Å²) >= 11 is 1.61. The summed E-state index contributed by atoms with van der Waals surface area (Å²) in [6, 6.07) is 23.0. The van der Waals surface area contributed by atoms with E-state index in [9.17, 15) is 0 Å². The fourth-order valence-corrected chi connectivity index (χ4v) is 3.34. The molecule has 0 saturated heterocycles. The lowest BCUT2D eigenvalue weighted by molar-refractivity contribution is 1.13. The molecule has 0 bridgehead atoms. The van der Waals surface area contributed by atoms with E-state index in [1.807, 2.05) is 24.4 Å². The number of rotatable bonds is 5. The van der Waals surface area contributed by atoms with Gasteiger partial charge >= 0.3 is 0 Å². The summed E-state index contributed by atoms with van der Waals surface area (Å²) in [5, 5.41) is 6.37. The van der Waals surface area contributed by atoms with Crippen LogP contribution in [0, 0.1) is 0 Å². The lowest BCUT2D eigenvalue weighted by Gasteiger charge is -2.05. The van der Waals surface area contributed by atoms with Crippen LogP contribution in [-0.4, -0.2) is 9.97 Å². The number of hydrogen-bond acceptors (Lipinski definition) is 4. The van der Waals surface area contributed by atoms with Gasteiger partial charge in [0.05, 0.1) is 5.69 Å². The summed E-state index contributed by atoms with van der Waals surface area (Å²) in [6.45, 7) is 0.759. The van der Waals surface area contributed by atoms with Gasteiger partial charge in [0.1, 0.15) is 0 Å². The van der Waals surface area contributed by atoms with Crippen LogP contribution in [0.25, 0.3) is 22.4 Å². The minimum atomic E-state index is 0.759. The first-order chi connectivity index (χ1) is 12.4. The van der Waals surface area contributed by atoms with Crippen LogP contribution in [0.1, 0.15) is 5.56 Å². The zero-order valence-electron chi connectivity index (χ0n) is 13.6. The van der Waals surface area contributed by atoms with E-state index >= 15 is 0 Å². The van der Waals surface area contributed by atoms with Crippen molar-refractivity contribution in [1.29, 1.82) is 0 Å². The number of nitrogens with one attached hydrogen (secondary N) is 1. The molecule has 4 aromatic rings. The van der Waals surface area contributed by atoms with E-state index in [1.165, 1.54) is 16.7 Å². The largest absolute Gasteiger partial charge is 0.357 e. The number of hydrogen-bond donors (Lipinski definition) is 1. The molecule has 2 aromatic carbocycles. The summed E-state index contributed by atoms with van der Waals surface area (Å²) in [5.74, 6) is 0. The van der Waals surface area contributed by atoms with Gasteiger partial charge in [0, 0.05) is 29.9 Å². The van der Waals surface area contributed by atoms with Crippen LogP contribution < -0.4 is 5.32 Å². The van der Waals surface area contributed by atoms with Crippen LogP contribution in [0.2, 0.25) is 0 Å². The second kappa shape index (κ2) is 7.28. The van der Waals surface area contributed by atoms with E-state index in [-0.39, 0.29) is 0 Å². The topological polar surface area (TPSA) is 37.8 Å². The number of pyridine rings is 1. The number of thiazole rings is 1.